The van der Waals surface area contributed by atoms with Gasteiger partial charge in [-0.05, 0) is 6.07 Å². The molecule has 1 aliphatic rings. The normalized spacial score (nSPS) is 16.2. The van der Waals surface area contributed by atoms with Gasteiger partial charge in [0.15, 0.2) is 5.96 Å². The van der Waals surface area contributed by atoms with E-state index >= 15 is 0 Å². The number of hydrogen-bond donors (Lipinski definition) is 2. The molecule has 0 aliphatic carbocycles. The fourth-order valence-corrected chi connectivity index (χ4v) is 2.31. The van der Waals surface area contributed by atoms with Crippen LogP contribution in [0.25, 0.3) is 0 Å². The summed E-state index contributed by atoms with van der Waals surface area (Å²) < 4.78 is 0. The van der Waals surface area contributed by atoms with E-state index in [1.807, 2.05) is 6.07 Å². The van der Waals surface area contributed by atoms with Crippen LogP contribution in [0, 0.1) is 12.3 Å². The lowest BCUT2D eigenvalue weighted by Crippen LogP contribution is -2.49. The van der Waals surface area contributed by atoms with Gasteiger partial charge in [-0.2, -0.15) is 0 Å². The van der Waals surface area contributed by atoms with E-state index in [2.05, 4.69) is 41.3 Å². The molecule has 7 heteroatoms. The molecule has 0 unspecified atom stereocenters. The second-order valence-electron chi connectivity index (χ2n) is 4.93. The molecule has 0 bridgehead atoms. The van der Waals surface area contributed by atoms with Gasteiger partial charge in [-0.1, -0.05) is 5.92 Å². The number of nitrogens with one attached hydrogen (secondary N) is 2. The van der Waals surface area contributed by atoms with Gasteiger partial charge in [0.05, 0.1) is 6.54 Å². The van der Waals surface area contributed by atoms with Crippen molar-refractivity contribution in [3.05, 3.63) is 18.5 Å². The quantitative estimate of drug-likeness (QED) is 0.430. The number of terminal acetylenes is 1. The standard InChI is InChI=1S/C15H23N7/c1-3-5-17-14(16-2)18-8-9-21-10-12-22(13-11-21)15-19-6-4-7-20-15/h1,4,6-7H,5,8-13H2,2H3,(H2,16,17,18). The zero-order valence-electron chi connectivity index (χ0n) is 13.0. The number of hydrogen-bond acceptors (Lipinski definition) is 5. The molecule has 118 valence electrons. The molecular formula is C15H23N7. The van der Waals surface area contributed by atoms with Crippen LogP contribution in [0.5, 0.6) is 0 Å². The van der Waals surface area contributed by atoms with Crippen molar-refractivity contribution < 1.29 is 0 Å². The lowest BCUT2D eigenvalue weighted by Gasteiger charge is -2.34. The Morgan fingerprint density at radius 1 is 1.27 bits per heavy atom. The summed E-state index contributed by atoms with van der Waals surface area (Å²) in [7, 11) is 1.74. The molecule has 22 heavy (non-hydrogen) atoms. The number of anilines is 1. The Balaban J connectivity index is 1.66. The number of nitrogens with zero attached hydrogens (tertiary/aromatic N) is 5. The Hall–Kier alpha value is -2.33. The topological polar surface area (TPSA) is 68.7 Å². The molecule has 0 atom stereocenters. The maximum atomic E-state index is 5.22. The first-order chi connectivity index (χ1) is 10.8. The van der Waals surface area contributed by atoms with Gasteiger partial charge in [0.2, 0.25) is 5.95 Å². The maximum Gasteiger partial charge on any atom is 0.225 e. The second-order valence-corrected chi connectivity index (χ2v) is 4.93. The fourth-order valence-electron chi connectivity index (χ4n) is 2.31. The summed E-state index contributed by atoms with van der Waals surface area (Å²) in [6.45, 7) is 6.22. The van der Waals surface area contributed by atoms with Crippen molar-refractivity contribution in [1.82, 2.24) is 25.5 Å². The minimum absolute atomic E-state index is 0.482. The van der Waals surface area contributed by atoms with Crippen LogP contribution in [0.3, 0.4) is 0 Å². The molecule has 1 aromatic rings. The van der Waals surface area contributed by atoms with Gasteiger partial charge in [-0.3, -0.25) is 9.89 Å². The average Bonchev–Trinajstić information content (AvgIpc) is 2.59. The summed E-state index contributed by atoms with van der Waals surface area (Å²) in [5, 5.41) is 6.30. The van der Waals surface area contributed by atoms with E-state index in [0.29, 0.717) is 6.54 Å². The molecule has 0 aromatic carbocycles. The SMILES string of the molecule is C#CCNC(=NC)NCCN1CCN(c2ncccn2)CC1. The van der Waals surface area contributed by atoms with Crippen molar-refractivity contribution in [2.24, 2.45) is 4.99 Å². The van der Waals surface area contributed by atoms with E-state index in [9.17, 15) is 0 Å². The summed E-state index contributed by atoms with van der Waals surface area (Å²) >= 11 is 0. The van der Waals surface area contributed by atoms with Crippen molar-refractivity contribution in [1.29, 1.82) is 0 Å². The largest absolute Gasteiger partial charge is 0.355 e. The minimum Gasteiger partial charge on any atom is -0.355 e. The summed E-state index contributed by atoms with van der Waals surface area (Å²) in [4.78, 5) is 17.3. The van der Waals surface area contributed by atoms with Crippen LogP contribution >= 0.6 is 0 Å². The third kappa shape index (κ3) is 4.90. The van der Waals surface area contributed by atoms with Crippen LogP contribution in [0.1, 0.15) is 0 Å². The smallest absolute Gasteiger partial charge is 0.225 e. The molecule has 2 heterocycles. The molecule has 1 aliphatic heterocycles. The summed E-state index contributed by atoms with van der Waals surface area (Å²) in [6.07, 6.45) is 8.79. The highest BCUT2D eigenvalue weighted by Gasteiger charge is 2.18. The number of aromatic nitrogens is 2. The van der Waals surface area contributed by atoms with E-state index in [4.69, 9.17) is 6.42 Å². The van der Waals surface area contributed by atoms with Crippen molar-refractivity contribution in [2.75, 3.05) is 57.8 Å². The van der Waals surface area contributed by atoms with Gasteiger partial charge in [0.1, 0.15) is 0 Å². The average molecular weight is 301 g/mol. The monoisotopic (exact) mass is 301 g/mol. The fraction of sp³-hybridized carbons (Fsp3) is 0.533. The first-order valence-corrected chi connectivity index (χ1v) is 7.46. The van der Waals surface area contributed by atoms with Crippen molar-refractivity contribution in [3.63, 3.8) is 0 Å². The predicted molar refractivity (Wildman–Crippen MR) is 88.9 cm³/mol. The Morgan fingerprint density at radius 3 is 2.64 bits per heavy atom. The van der Waals surface area contributed by atoms with Crippen LogP contribution in [0.4, 0.5) is 5.95 Å². The van der Waals surface area contributed by atoms with Crippen LogP contribution in [-0.4, -0.2) is 73.7 Å². The summed E-state index contributed by atoms with van der Waals surface area (Å²) in [5.41, 5.74) is 0. The molecule has 1 saturated heterocycles. The third-order valence-electron chi connectivity index (χ3n) is 3.51. The molecular weight excluding hydrogens is 278 g/mol. The number of piperazine rings is 1. The summed E-state index contributed by atoms with van der Waals surface area (Å²) in [6, 6.07) is 1.84. The highest BCUT2D eigenvalue weighted by molar-refractivity contribution is 5.79. The third-order valence-corrected chi connectivity index (χ3v) is 3.51. The van der Waals surface area contributed by atoms with E-state index in [0.717, 1.165) is 51.2 Å². The second kappa shape index (κ2) is 8.85. The van der Waals surface area contributed by atoms with Crippen LogP contribution in [0.15, 0.2) is 23.5 Å². The van der Waals surface area contributed by atoms with Crippen LogP contribution in [0.2, 0.25) is 0 Å². The lowest BCUT2D eigenvalue weighted by atomic mass is 10.3. The highest BCUT2D eigenvalue weighted by atomic mass is 15.3. The zero-order chi connectivity index (χ0) is 15.6. The van der Waals surface area contributed by atoms with Gasteiger partial charge < -0.3 is 15.5 Å². The molecule has 0 spiro atoms. The number of rotatable bonds is 5. The van der Waals surface area contributed by atoms with Gasteiger partial charge in [-0.15, -0.1) is 6.42 Å². The Kier molecular flexibility index (Phi) is 6.45. The molecule has 1 aromatic heterocycles. The maximum absolute atomic E-state index is 5.22. The van der Waals surface area contributed by atoms with Crippen LogP contribution in [-0.2, 0) is 0 Å². The molecule has 2 rings (SSSR count). The van der Waals surface area contributed by atoms with Crippen LogP contribution < -0.4 is 15.5 Å². The van der Waals surface area contributed by atoms with Gasteiger partial charge in [0, 0.05) is 58.7 Å². The van der Waals surface area contributed by atoms with Crippen molar-refractivity contribution in [2.45, 2.75) is 0 Å². The Labute approximate surface area is 131 Å². The van der Waals surface area contributed by atoms with Gasteiger partial charge in [-0.25, -0.2) is 9.97 Å². The Bertz CT molecular complexity index is 500. The zero-order valence-corrected chi connectivity index (χ0v) is 13.0. The predicted octanol–water partition coefficient (Wildman–Crippen LogP) is -0.603. The number of aliphatic imine (C=N–C) groups is 1. The number of guanidine groups is 1. The first-order valence-electron chi connectivity index (χ1n) is 7.46. The molecule has 0 amide bonds. The molecule has 1 fully saturated rings. The van der Waals surface area contributed by atoms with E-state index in [1.165, 1.54) is 0 Å². The molecule has 0 radical (unpaired) electrons. The van der Waals surface area contributed by atoms with E-state index < -0.39 is 0 Å². The van der Waals surface area contributed by atoms with Crippen molar-refractivity contribution >= 4 is 11.9 Å². The Morgan fingerprint density at radius 2 is 2.00 bits per heavy atom. The van der Waals surface area contributed by atoms with Gasteiger partial charge in [0.25, 0.3) is 0 Å². The summed E-state index contributed by atoms with van der Waals surface area (Å²) in [5.74, 6) is 4.10. The van der Waals surface area contributed by atoms with Crippen molar-refractivity contribution in [3.8, 4) is 12.3 Å². The lowest BCUT2D eigenvalue weighted by molar-refractivity contribution is 0.260. The molecule has 2 N–H and O–H groups in total. The van der Waals surface area contributed by atoms with E-state index in [-0.39, 0.29) is 0 Å². The van der Waals surface area contributed by atoms with E-state index in [1.54, 1.807) is 19.4 Å². The molecule has 7 nitrogen and oxygen atoms in total. The minimum atomic E-state index is 0.482. The highest BCUT2D eigenvalue weighted by Crippen LogP contribution is 2.08. The van der Waals surface area contributed by atoms with Gasteiger partial charge >= 0.3 is 0 Å². The first kappa shape index (κ1) is 16.0. The molecule has 0 saturated carbocycles.